The highest BCUT2D eigenvalue weighted by atomic mass is 16.5. The highest BCUT2D eigenvalue weighted by Crippen LogP contribution is 2.34. The van der Waals surface area contributed by atoms with E-state index in [-0.39, 0.29) is 0 Å². The first-order chi connectivity index (χ1) is 12.7. The van der Waals surface area contributed by atoms with Crippen molar-refractivity contribution < 1.29 is 9.47 Å². The van der Waals surface area contributed by atoms with Crippen molar-refractivity contribution in [2.24, 2.45) is 12.0 Å². The average molecular weight is 345 g/mol. The number of nitrogens with zero attached hydrogens (tertiary/aromatic N) is 3. The van der Waals surface area contributed by atoms with Crippen molar-refractivity contribution in [3.63, 3.8) is 0 Å². The van der Waals surface area contributed by atoms with E-state index in [0.717, 1.165) is 38.9 Å². The zero-order valence-corrected chi connectivity index (χ0v) is 14.9. The van der Waals surface area contributed by atoms with E-state index in [1.807, 2.05) is 72.4 Å². The van der Waals surface area contributed by atoms with Crippen LogP contribution in [0.3, 0.4) is 0 Å². The van der Waals surface area contributed by atoms with Gasteiger partial charge in [-0.1, -0.05) is 24.3 Å². The van der Waals surface area contributed by atoms with Crippen molar-refractivity contribution in [1.29, 1.82) is 0 Å². The van der Waals surface area contributed by atoms with Crippen LogP contribution in [-0.4, -0.2) is 30.0 Å². The van der Waals surface area contributed by atoms with Crippen molar-refractivity contribution in [3.8, 4) is 11.5 Å². The molecule has 0 atom stereocenters. The molecule has 0 fully saturated rings. The molecule has 26 heavy (non-hydrogen) atoms. The molecule has 0 bridgehead atoms. The van der Waals surface area contributed by atoms with Gasteiger partial charge in [-0.2, -0.15) is 0 Å². The van der Waals surface area contributed by atoms with Crippen molar-refractivity contribution in [2.75, 3.05) is 14.2 Å². The van der Waals surface area contributed by atoms with E-state index >= 15 is 0 Å². The molecule has 3 aromatic carbocycles. The number of hydrogen-bond acceptors (Lipinski definition) is 4. The van der Waals surface area contributed by atoms with Crippen LogP contribution < -0.4 is 9.47 Å². The quantitative estimate of drug-likeness (QED) is 0.512. The third kappa shape index (κ3) is 2.58. The largest absolute Gasteiger partial charge is 0.496 e. The summed E-state index contributed by atoms with van der Waals surface area (Å²) < 4.78 is 13.0. The molecular weight excluding hydrogens is 326 g/mol. The number of aliphatic imine (C=N–C) groups is 1. The summed E-state index contributed by atoms with van der Waals surface area (Å²) in [6.45, 7) is 0. The summed E-state index contributed by atoms with van der Waals surface area (Å²) in [5.74, 6) is 2.25. The number of rotatable bonds is 4. The van der Waals surface area contributed by atoms with Gasteiger partial charge in [-0.3, -0.25) is 0 Å². The fourth-order valence-electron chi connectivity index (χ4n) is 3.20. The fourth-order valence-corrected chi connectivity index (χ4v) is 3.20. The number of hydrogen-bond donors (Lipinski definition) is 0. The maximum atomic E-state index is 5.55. The first kappa shape index (κ1) is 16.1. The normalized spacial score (nSPS) is 11.5. The van der Waals surface area contributed by atoms with Gasteiger partial charge in [-0.25, -0.2) is 9.98 Å². The molecule has 1 aromatic heterocycles. The molecule has 0 N–H and O–H groups in total. The Morgan fingerprint density at radius 2 is 1.73 bits per heavy atom. The molecule has 4 rings (SSSR count). The second-order valence-electron chi connectivity index (χ2n) is 5.96. The molecule has 5 nitrogen and oxygen atoms in total. The molecule has 5 heteroatoms. The van der Waals surface area contributed by atoms with Gasteiger partial charge in [0.1, 0.15) is 11.5 Å². The number of benzene rings is 3. The summed E-state index contributed by atoms with van der Waals surface area (Å²) in [6, 6.07) is 17.8. The average Bonchev–Trinajstić information content (AvgIpc) is 3.01. The number of methoxy groups -OCH3 is 2. The summed E-state index contributed by atoms with van der Waals surface area (Å²) in [6.07, 6.45) is 1.82. The van der Waals surface area contributed by atoms with Crippen molar-refractivity contribution in [3.05, 3.63) is 60.2 Å². The number of imidazole rings is 1. The Balaban J connectivity index is 1.86. The van der Waals surface area contributed by atoms with Crippen LogP contribution in [0.2, 0.25) is 0 Å². The molecule has 4 aromatic rings. The molecule has 0 spiro atoms. The Kier molecular flexibility index (Phi) is 4.05. The zero-order chi connectivity index (χ0) is 18.1. The number of ether oxygens (including phenoxy) is 2. The van der Waals surface area contributed by atoms with E-state index in [1.165, 1.54) is 0 Å². The standard InChI is InChI=1S/C21H19N3O2/c1-24-17-9-5-4-8-16(17)23-21(24)22-13-14-11-12-18(25-2)15-7-6-10-19(26-3)20(14)15/h4-13H,1-3H3. The fraction of sp³-hybridized carbons (Fsp3) is 0.143. The predicted molar refractivity (Wildman–Crippen MR) is 105 cm³/mol. The summed E-state index contributed by atoms with van der Waals surface area (Å²) in [7, 11) is 5.30. The second-order valence-corrected chi connectivity index (χ2v) is 5.96. The van der Waals surface area contributed by atoms with E-state index in [9.17, 15) is 0 Å². The summed E-state index contributed by atoms with van der Waals surface area (Å²) in [4.78, 5) is 9.22. The van der Waals surface area contributed by atoms with Crippen molar-refractivity contribution in [2.45, 2.75) is 0 Å². The van der Waals surface area contributed by atoms with E-state index in [2.05, 4.69) is 9.98 Å². The Bertz CT molecular complexity index is 1130. The maximum absolute atomic E-state index is 5.55. The minimum absolute atomic E-state index is 0.657. The number of aromatic nitrogens is 2. The van der Waals surface area contributed by atoms with Crippen molar-refractivity contribution in [1.82, 2.24) is 9.55 Å². The van der Waals surface area contributed by atoms with Gasteiger partial charge in [0, 0.05) is 29.6 Å². The van der Waals surface area contributed by atoms with Crippen LogP contribution in [0.4, 0.5) is 5.95 Å². The van der Waals surface area contributed by atoms with Gasteiger partial charge in [-0.15, -0.1) is 0 Å². The lowest BCUT2D eigenvalue weighted by Crippen LogP contribution is -1.94. The first-order valence-corrected chi connectivity index (χ1v) is 8.32. The minimum atomic E-state index is 0.657. The van der Waals surface area contributed by atoms with Gasteiger partial charge in [0.25, 0.3) is 0 Å². The van der Waals surface area contributed by atoms with Crippen LogP contribution >= 0.6 is 0 Å². The lowest BCUT2D eigenvalue weighted by molar-refractivity contribution is 0.415. The Morgan fingerprint density at radius 1 is 0.923 bits per heavy atom. The van der Waals surface area contributed by atoms with Crippen LogP contribution in [0.15, 0.2) is 59.6 Å². The molecule has 1 heterocycles. The highest BCUT2D eigenvalue weighted by molar-refractivity contribution is 6.06. The van der Waals surface area contributed by atoms with E-state index in [0.29, 0.717) is 5.95 Å². The minimum Gasteiger partial charge on any atom is -0.496 e. The Morgan fingerprint density at radius 3 is 2.50 bits per heavy atom. The SMILES string of the molecule is COc1ccc(C=Nc2nc3ccccc3n2C)c2c(OC)cccc12. The zero-order valence-electron chi connectivity index (χ0n) is 14.9. The summed E-state index contributed by atoms with van der Waals surface area (Å²) in [5.41, 5.74) is 2.93. The molecule has 0 saturated heterocycles. The third-order valence-electron chi connectivity index (χ3n) is 4.52. The lowest BCUT2D eigenvalue weighted by Gasteiger charge is -2.11. The third-order valence-corrected chi connectivity index (χ3v) is 4.52. The molecule has 0 amide bonds. The van der Waals surface area contributed by atoms with E-state index < -0.39 is 0 Å². The number of aryl methyl sites for hydroxylation is 1. The molecular formula is C21H19N3O2. The Labute approximate surface area is 151 Å². The summed E-state index contributed by atoms with van der Waals surface area (Å²) in [5, 5.41) is 1.96. The lowest BCUT2D eigenvalue weighted by atomic mass is 10.0. The smallest absolute Gasteiger partial charge is 0.230 e. The summed E-state index contributed by atoms with van der Waals surface area (Å²) >= 11 is 0. The molecule has 0 aliphatic rings. The van der Waals surface area contributed by atoms with Gasteiger partial charge >= 0.3 is 0 Å². The van der Waals surface area contributed by atoms with Crippen LogP contribution in [0.5, 0.6) is 11.5 Å². The molecule has 130 valence electrons. The van der Waals surface area contributed by atoms with Gasteiger partial charge in [0.05, 0.1) is 25.3 Å². The van der Waals surface area contributed by atoms with Gasteiger partial charge in [0.15, 0.2) is 0 Å². The monoisotopic (exact) mass is 345 g/mol. The number of fused-ring (bicyclic) bond motifs is 2. The van der Waals surface area contributed by atoms with Crippen molar-refractivity contribution >= 4 is 34.0 Å². The van der Waals surface area contributed by atoms with E-state index in [1.54, 1.807) is 14.2 Å². The predicted octanol–water partition coefficient (Wildman–Crippen LogP) is 4.49. The van der Waals surface area contributed by atoms with Crippen LogP contribution in [0.25, 0.3) is 21.8 Å². The van der Waals surface area contributed by atoms with Crippen LogP contribution in [0.1, 0.15) is 5.56 Å². The molecule has 0 radical (unpaired) electrons. The van der Waals surface area contributed by atoms with Gasteiger partial charge < -0.3 is 14.0 Å². The Hall–Kier alpha value is -3.34. The van der Waals surface area contributed by atoms with Gasteiger partial charge in [0.2, 0.25) is 5.95 Å². The van der Waals surface area contributed by atoms with Gasteiger partial charge in [-0.05, 0) is 30.3 Å². The maximum Gasteiger partial charge on any atom is 0.230 e. The topological polar surface area (TPSA) is 48.6 Å². The highest BCUT2D eigenvalue weighted by Gasteiger charge is 2.11. The molecule has 0 aliphatic heterocycles. The van der Waals surface area contributed by atoms with E-state index in [4.69, 9.17) is 9.47 Å². The second kappa shape index (κ2) is 6.52. The molecule has 0 unspecified atom stereocenters. The molecule has 0 saturated carbocycles. The first-order valence-electron chi connectivity index (χ1n) is 8.32. The van der Waals surface area contributed by atoms with Crippen LogP contribution in [0, 0.1) is 0 Å². The van der Waals surface area contributed by atoms with Crippen LogP contribution in [-0.2, 0) is 7.05 Å². The number of para-hydroxylation sites is 2. The molecule has 0 aliphatic carbocycles.